The summed E-state index contributed by atoms with van der Waals surface area (Å²) in [5.41, 5.74) is 6.58. The van der Waals surface area contributed by atoms with Gasteiger partial charge >= 0.3 is 0 Å². The molecule has 1 amide bonds. The highest BCUT2D eigenvalue weighted by molar-refractivity contribution is 5.94. The number of piperazine rings is 1. The van der Waals surface area contributed by atoms with E-state index >= 15 is 0 Å². The maximum absolute atomic E-state index is 13.8. The van der Waals surface area contributed by atoms with Crippen molar-refractivity contribution in [2.45, 2.75) is 6.54 Å². The number of carbonyl (C=O) groups excluding carboxylic acids is 1. The third-order valence-electron chi connectivity index (χ3n) is 3.86. The van der Waals surface area contributed by atoms with Crippen LogP contribution in [0, 0.1) is 5.82 Å². The molecule has 2 aromatic rings. The Labute approximate surface area is 152 Å². The summed E-state index contributed by atoms with van der Waals surface area (Å²) in [5.74, 6) is 0.287. The van der Waals surface area contributed by atoms with E-state index in [-0.39, 0.29) is 43.1 Å². The Morgan fingerprint density at radius 2 is 1.83 bits per heavy atom. The van der Waals surface area contributed by atoms with Gasteiger partial charge in [-0.25, -0.2) is 4.39 Å². The van der Waals surface area contributed by atoms with Gasteiger partial charge in [0.05, 0.1) is 17.8 Å². The number of nitrogens with two attached hydrogens (primary N) is 1. The summed E-state index contributed by atoms with van der Waals surface area (Å²) in [4.78, 5) is 16.1. The number of rotatable bonds is 3. The van der Waals surface area contributed by atoms with Crippen LogP contribution in [-0.4, -0.2) is 37.0 Å². The fraction of sp³-hybridized carbons (Fsp3) is 0.312. The van der Waals surface area contributed by atoms with E-state index in [1.807, 2.05) is 11.0 Å². The Hall–Kier alpha value is -1.76. The molecule has 0 aliphatic carbocycles. The molecule has 1 fully saturated rings. The molecule has 132 valence electrons. The van der Waals surface area contributed by atoms with Gasteiger partial charge in [0.1, 0.15) is 17.8 Å². The van der Waals surface area contributed by atoms with Gasteiger partial charge in [-0.05, 0) is 18.2 Å². The van der Waals surface area contributed by atoms with Gasteiger partial charge in [-0.3, -0.25) is 4.79 Å². The van der Waals surface area contributed by atoms with E-state index < -0.39 is 0 Å². The standard InChI is InChI=1S/C16H18FN3O2.2ClH/c17-14-3-1-2-4-15(14)19-5-7-20(8-6-19)16(21)12-9-13(10-18)22-11-12;;/h1-4,9,11H,5-8,10,18H2;2*1H. The molecule has 0 saturated carbocycles. The van der Waals surface area contributed by atoms with Gasteiger partial charge in [-0.1, -0.05) is 12.1 Å². The molecule has 0 radical (unpaired) electrons. The molecule has 1 aromatic carbocycles. The van der Waals surface area contributed by atoms with E-state index in [0.717, 1.165) is 0 Å². The monoisotopic (exact) mass is 375 g/mol. The van der Waals surface area contributed by atoms with E-state index in [4.69, 9.17) is 10.2 Å². The summed E-state index contributed by atoms with van der Waals surface area (Å²) in [6.07, 6.45) is 1.44. The van der Waals surface area contributed by atoms with Crippen molar-refractivity contribution in [1.82, 2.24) is 4.90 Å². The predicted octanol–water partition coefficient (Wildman–Crippen LogP) is 2.68. The van der Waals surface area contributed by atoms with E-state index in [1.54, 1.807) is 23.1 Å². The van der Waals surface area contributed by atoms with Crippen LogP contribution in [0.4, 0.5) is 10.1 Å². The number of benzene rings is 1. The van der Waals surface area contributed by atoms with Gasteiger partial charge in [0, 0.05) is 26.2 Å². The second-order valence-electron chi connectivity index (χ2n) is 5.24. The zero-order valence-electron chi connectivity index (χ0n) is 13.0. The van der Waals surface area contributed by atoms with Crippen molar-refractivity contribution in [3.63, 3.8) is 0 Å². The number of halogens is 3. The van der Waals surface area contributed by atoms with E-state index in [2.05, 4.69) is 0 Å². The molecule has 5 nitrogen and oxygen atoms in total. The summed E-state index contributed by atoms with van der Waals surface area (Å²) >= 11 is 0. The maximum Gasteiger partial charge on any atom is 0.257 e. The third-order valence-corrected chi connectivity index (χ3v) is 3.86. The lowest BCUT2D eigenvalue weighted by Gasteiger charge is -2.36. The van der Waals surface area contributed by atoms with Crippen molar-refractivity contribution in [2.75, 3.05) is 31.1 Å². The van der Waals surface area contributed by atoms with Crippen molar-refractivity contribution in [1.29, 1.82) is 0 Å². The van der Waals surface area contributed by atoms with Gasteiger partial charge in [0.25, 0.3) is 5.91 Å². The molecular weight excluding hydrogens is 356 g/mol. The molecule has 2 heterocycles. The van der Waals surface area contributed by atoms with Gasteiger partial charge in [0.2, 0.25) is 0 Å². The average molecular weight is 376 g/mol. The van der Waals surface area contributed by atoms with Crippen LogP contribution in [0.2, 0.25) is 0 Å². The summed E-state index contributed by atoms with van der Waals surface area (Å²) in [6.45, 7) is 2.59. The van der Waals surface area contributed by atoms with Crippen LogP contribution in [0.15, 0.2) is 41.0 Å². The minimum absolute atomic E-state index is 0. The second-order valence-corrected chi connectivity index (χ2v) is 5.24. The topological polar surface area (TPSA) is 62.7 Å². The average Bonchev–Trinajstić information content (AvgIpc) is 3.04. The molecule has 8 heteroatoms. The number of carbonyl (C=O) groups is 1. The number of anilines is 1. The molecule has 1 aromatic heterocycles. The number of nitrogens with zero attached hydrogens (tertiary/aromatic N) is 2. The molecule has 1 saturated heterocycles. The van der Waals surface area contributed by atoms with Crippen LogP contribution in [-0.2, 0) is 6.54 Å². The van der Waals surface area contributed by atoms with Gasteiger partial charge < -0.3 is 20.0 Å². The van der Waals surface area contributed by atoms with Gasteiger partial charge in [-0.15, -0.1) is 24.8 Å². The number of hydrogen-bond acceptors (Lipinski definition) is 4. The highest BCUT2D eigenvalue weighted by Gasteiger charge is 2.24. The van der Waals surface area contributed by atoms with Crippen molar-refractivity contribution in [3.8, 4) is 0 Å². The molecule has 0 unspecified atom stereocenters. The molecule has 3 rings (SSSR count). The molecule has 0 atom stereocenters. The van der Waals surface area contributed by atoms with Crippen LogP contribution < -0.4 is 10.6 Å². The number of hydrogen-bond donors (Lipinski definition) is 1. The smallest absolute Gasteiger partial charge is 0.257 e. The Morgan fingerprint density at radius 1 is 1.17 bits per heavy atom. The summed E-state index contributed by atoms with van der Waals surface area (Å²) in [6, 6.07) is 8.37. The zero-order valence-corrected chi connectivity index (χ0v) is 14.6. The largest absolute Gasteiger partial charge is 0.467 e. The first-order valence-corrected chi connectivity index (χ1v) is 7.25. The van der Waals surface area contributed by atoms with Gasteiger partial charge in [0.15, 0.2) is 0 Å². The van der Waals surface area contributed by atoms with Crippen molar-refractivity contribution in [3.05, 3.63) is 53.7 Å². The Kier molecular flexibility index (Phi) is 7.54. The molecule has 1 aliphatic heterocycles. The van der Waals surface area contributed by atoms with Crippen LogP contribution in [0.1, 0.15) is 16.1 Å². The molecule has 1 aliphatic rings. The predicted molar refractivity (Wildman–Crippen MR) is 95.6 cm³/mol. The number of amides is 1. The van der Waals surface area contributed by atoms with E-state index in [1.165, 1.54) is 12.3 Å². The van der Waals surface area contributed by atoms with Crippen LogP contribution >= 0.6 is 24.8 Å². The SMILES string of the molecule is Cl.Cl.NCc1cc(C(=O)N2CCN(c3ccccc3F)CC2)co1. The second kappa shape index (κ2) is 8.92. The van der Waals surface area contributed by atoms with Crippen molar-refractivity contribution in [2.24, 2.45) is 5.73 Å². The van der Waals surface area contributed by atoms with E-state index in [9.17, 15) is 9.18 Å². The first kappa shape index (κ1) is 20.3. The van der Waals surface area contributed by atoms with E-state index in [0.29, 0.717) is 43.2 Å². The Balaban J connectivity index is 0.00000144. The van der Waals surface area contributed by atoms with Crippen molar-refractivity contribution >= 4 is 36.4 Å². The lowest BCUT2D eigenvalue weighted by Crippen LogP contribution is -2.49. The molecule has 24 heavy (non-hydrogen) atoms. The lowest BCUT2D eigenvalue weighted by molar-refractivity contribution is 0.0746. The number of para-hydroxylation sites is 1. The molecule has 0 spiro atoms. The molecular formula is C16H20Cl2FN3O2. The normalized spacial score (nSPS) is 13.9. The van der Waals surface area contributed by atoms with Crippen LogP contribution in [0.25, 0.3) is 0 Å². The summed E-state index contributed by atoms with van der Waals surface area (Å²) in [7, 11) is 0. The summed E-state index contributed by atoms with van der Waals surface area (Å²) in [5, 5.41) is 0. The van der Waals surface area contributed by atoms with Crippen LogP contribution in [0.3, 0.4) is 0 Å². The number of furan rings is 1. The summed E-state index contributed by atoms with van der Waals surface area (Å²) < 4.78 is 19.0. The fourth-order valence-electron chi connectivity index (χ4n) is 2.64. The highest BCUT2D eigenvalue weighted by Crippen LogP contribution is 2.21. The minimum atomic E-state index is -0.232. The van der Waals surface area contributed by atoms with Gasteiger partial charge in [-0.2, -0.15) is 0 Å². The minimum Gasteiger partial charge on any atom is -0.467 e. The zero-order chi connectivity index (χ0) is 15.5. The quantitative estimate of drug-likeness (QED) is 0.895. The maximum atomic E-state index is 13.8. The Bertz CT molecular complexity index is 673. The lowest BCUT2D eigenvalue weighted by atomic mass is 10.2. The molecule has 2 N–H and O–H groups in total. The van der Waals surface area contributed by atoms with Crippen molar-refractivity contribution < 1.29 is 13.6 Å². The molecule has 0 bridgehead atoms. The first-order chi connectivity index (χ1) is 10.7. The third kappa shape index (κ3) is 4.20. The first-order valence-electron chi connectivity index (χ1n) is 7.25. The fourth-order valence-corrected chi connectivity index (χ4v) is 2.64. The Morgan fingerprint density at radius 3 is 2.42 bits per heavy atom. The highest BCUT2D eigenvalue weighted by atomic mass is 35.5. The van der Waals surface area contributed by atoms with Crippen LogP contribution in [0.5, 0.6) is 0 Å².